The zero-order valence-corrected chi connectivity index (χ0v) is 7.56. The topological polar surface area (TPSA) is 0 Å². The minimum Gasteiger partial charge on any atom is -0.0769 e. The van der Waals surface area contributed by atoms with Crippen LogP contribution in [0, 0.1) is 0 Å². The summed E-state index contributed by atoms with van der Waals surface area (Å²) in [6, 6.07) is 1.53. The van der Waals surface area contributed by atoms with Gasteiger partial charge in [-0.2, -0.15) is 0 Å². The molecule has 0 fully saturated rings. The fourth-order valence-corrected chi connectivity index (χ4v) is 2.60. The third-order valence-electron chi connectivity index (χ3n) is 1.39. The third-order valence-corrected chi connectivity index (χ3v) is 10.1. The first-order chi connectivity index (χ1) is 2.81. The van der Waals surface area contributed by atoms with Crippen molar-refractivity contribution in [2.24, 2.45) is 0 Å². The summed E-state index contributed by atoms with van der Waals surface area (Å²) in [5.74, 6) is 0. The molecule has 0 heterocycles. The van der Waals surface area contributed by atoms with Crippen molar-refractivity contribution in [3.05, 3.63) is 0 Å². The van der Waals surface area contributed by atoms with Crippen LogP contribution < -0.4 is 0 Å². The van der Waals surface area contributed by atoms with E-state index in [1.54, 1.807) is 0 Å². The Balaban J connectivity index is 2.75. The molecule has 6 heavy (non-hydrogen) atoms. The lowest BCUT2D eigenvalue weighted by Gasteiger charge is -1.95. The molecule has 0 aromatic heterocycles. The average Bonchev–Trinajstić information content (AvgIpc) is 1.65. The highest BCUT2D eigenvalue weighted by Gasteiger charge is 1.92. The summed E-state index contributed by atoms with van der Waals surface area (Å²) in [6.45, 7) is 7.24. The fourth-order valence-electron chi connectivity index (χ4n) is 0.289. The van der Waals surface area contributed by atoms with Gasteiger partial charge in [-0.3, -0.25) is 0 Å². The monoisotopic (exact) mass is 118 g/mol. The van der Waals surface area contributed by atoms with Gasteiger partial charge < -0.3 is 0 Å². The van der Waals surface area contributed by atoms with E-state index >= 15 is 0 Å². The van der Waals surface area contributed by atoms with E-state index in [1.165, 1.54) is 6.04 Å². The van der Waals surface area contributed by atoms with Gasteiger partial charge in [0.05, 0.1) is 0 Å². The van der Waals surface area contributed by atoms with Crippen molar-refractivity contribution in [2.45, 2.75) is 26.1 Å². The maximum atomic E-state index is 2.48. The first-order valence-corrected chi connectivity index (χ1v) is 9.46. The van der Waals surface area contributed by atoms with Gasteiger partial charge in [0.15, 0.2) is 0 Å². The van der Waals surface area contributed by atoms with Crippen molar-refractivity contribution in [2.75, 3.05) is 0 Å². The van der Waals surface area contributed by atoms with Gasteiger partial charge in [0.1, 0.15) is 0 Å². The predicted molar refractivity (Wildman–Crippen MR) is 37.9 cm³/mol. The Morgan fingerprint density at radius 1 is 1.67 bits per heavy atom. The van der Waals surface area contributed by atoms with Crippen LogP contribution in [0.5, 0.6) is 0 Å². The first-order valence-electron chi connectivity index (χ1n) is 2.81. The first kappa shape index (κ1) is 6.43. The molecule has 0 amide bonds. The maximum absolute atomic E-state index is 2.48. The molecule has 1 unspecified atom stereocenters. The fraction of sp³-hybridized carbons (Fsp3) is 1.00. The van der Waals surface area contributed by atoms with Gasteiger partial charge in [-0.15, -0.1) is 0 Å². The standard InChI is InChI=1S/C4H14Si2/c1-4-6(3)5-2/h6H,4-5H2,1-3H3. The Kier molecular flexibility index (Phi) is 3.88. The van der Waals surface area contributed by atoms with E-state index in [-0.39, 0.29) is 8.31 Å². The van der Waals surface area contributed by atoms with Crippen LogP contribution in [0.2, 0.25) is 19.1 Å². The highest BCUT2D eigenvalue weighted by molar-refractivity contribution is 7.11. The van der Waals surface area contributed by atoms with Gasteiger partial charge in [-0.1, -0.05) is 26.1 Å². The van der Waals surface area contributed by atoms with Crippen LogP contribution in [0.1, 0.15) is 6.92 Å². The highest BCUT2D eigenvalue weighted by atomic mass is 29.2. The van der Waals surface area contributed by atoms with E-state index in [9.17, 15) is 0 Å². The Morgan fingerprint density at radius 2 is 2.17 bits per heavy atom. The maximum Gasteiger partial charge on any atom is 0.0205 e. The molecule has 0 aliphatic carbocycles. The van der Waals surface area contributed by atoms with Gasteiger partial charge in [0.25, 0.3) is 0 Å². The summed E-state index contributed by atoms with van der Waals surface area (Å²) in [7, 11) is 0.456. The molecule has 0 bridgehead atoms. The van der Waals surface area contributed by atoms with E-state index in [0.29, 0.717) is 9.04 Å². The van der Waals surface area contributed by atoms with E-state index in [4.69, 9.17) is 0 Å². The smallest absolute Gasteiger partial charge is 0.0205 e. The van der Waals surface area contributed by atoms with E-state index in [1.807, 2.05) is 0 Å². The van der Waals surface area contributed by atoms with E-state index in [0.717, 1.165) is 0 Å². The number of hydrogen-bond donors (Lipinski definition) is 0. The van der Waals surface area contributed by atoms with E-state index in [2.05, 4.69) is 20.0 Å². The quantitative estimate of drug-likeness (QED) is 0.465. The molecule has 1 atom stereocenters. The minimum absolute atomic E-state index is 0.0216. The van der Waals surface area contributed by atoms with Crippen LogP contribution in [-0.4, -0.2) is 17.4 Å². The van der Waals surface area contributed by atoms with Crippen LogP contribution in [0.3, 0.4) is 0 Å². The highest BCUT2D eigenvalue weighted by Crippen LogP contribution is 1.84. The van der Waals surface area contributed by atoms with Crippen molar-refractivity contribution in [1.29, 1.82) is 0 Å². The number of hydrogen-bond acceptors (Lipinski definition) is 0. The number of rotatable bonds is 2. The summed E-state index contributed by atoms with van der Waals surface area (Å²) in [5.41, 5.74) is 0. The van der Waals surface area contributed by atoms with Gasteiger partial charge in [-0.05, 0) is 0 Å². The van der Waals surface area contributed by atoms with E-state index < -0.39 is 0 Å². The molecule has 0 rings (SSSR count). The van der Waals surface area contributed by atoms with Gasteiger partial charge in [-0.25, -0.2) is 0 Å². The molecule has 0 saturated carbocycles. The normalized spacial score (nSPS) is 16.5. The lowest BCUT2D eigenvalue weighted by Crippen LogP contribution is -2.11. The molecule has 0 aromatic rings. The van der Waals surface area contributed by atoms with Gasteiger partial charge in [0.2, 0.25) is 0 Å². The second-order valence-corrected chi connectivity index (χ2v) is 12.4. The molecule has 0 aliphatic heterocycles. The Hall–Kier alpha value is 0.434. The zero-order valence-electron chi connectivity index (χ0n) is 4.99. The molecule has 0 N–H and O–H groups in total. The van der Waals surface area contributed by atoms with Crippen molar-refractivity contribution < 1.29 is 0 Å². The summed E-state index contributed by atoms with van der Waals surface area (Å²) in [5, 5.41) is 0. The summed E-state index contributed by atoms with van der Waals surface area (Å²) >= 11 is 0. The van der Waals surface area contributed by atoms with Crippen LogP contribution in [0.15, 0.2) is 0 Å². The molecule has 2 heteroatoms. The molecule has 0 aromatic carbocycles. The Labute approximate surface area is 44.2 Å². The van der Waals surface area contributed by atoms with Gasteiger partial charge in [0, 0.05) is 17.4 Å². The van der Waals surface area contributed by atoms with Crippen molar-refractivity contribution >= 4 is 17.4 Å². The molecule has 0 radical (unpaired) electrons. The third kappa shape index (κ3) is 2.66. The summed E-state index contributed by atoms with van der Waals surface area (Å²) < 4.78 is 0. The molecule has 0 aliphatic rings. The van der Waals surface area contributed by atoms with Crippen molar-refractivity contribution in [3.8, 4) is 0 Å². The average molecular weight is 118 g/mol. The SMILES string of the molecule is CC[SiH](C)[SiH2]C. The molecule has 0 spiro atoms. The van der Waals surface area contributed by atoms with Crippen LogP contribution >= 0.6 is 0 Å². The van der Waals surface area contributed by atoms with Crippen molar-refractivity contribution in [3.63, 3.8) is 0 Å². The molecule has 0 saturated heterocycles. The Bertz CT molecular complexity index is 24.7. The van der Waals surface area contributed by atoms with Crippen LogP contribution in [-0.2, 0) is 0 Å². The molecular weight excluding hydrogens is 104 g/mol. The second kappa shape index (κ2) is 3.62. The lowest BCUT2D eigenvalue weighted by atomic mass is 11.0. The van der Waals surface area contributed by atoms with Crippen molar-refractivity contribution in [1.82, 2.24) is 0 Å². The molecular formula is C4H14Si2. The molecule has 38 valence electrons. The largest absolute Gasteiger partial charge is 0.0769 e. The predicted octanol–water partition coefficient (Wildman–Crippen LogP) is 0.577. The molecule has 0 nitrogen and oxygen atoms in total. The summed E-state index contributed by atoms with van der Waals surface area (Å²) in [4.78, 5) is 0. The Morgan fingerprint density at radius 3 is 2.17 bits per heavy atom. The zero-order chi connectivity index (χ0) is 4.99. The van der Waals surface area contributed by atoms with Gasteiger partial charge >= 0.3 is 0 Å². The van der Waals surface area contributed by atoms with Crippen LogP contribution in [0.4, 0.5) is 0 Å². The van der Waals surface area contributed by atoms with Crippen LogP contribution in [0.25, 0.3) is 0 Å². The second-order valence-electron chi connectivity index (χ2n) is 1.92. The lowest BCUT2D eigenvalue weighted by molar-refractivity contribution is 1.44. The minimum atomic E-state index is -0.0216. The summed E-state index contributed by atoms with van der Waals surface area (Å²) in [6.07, 6.45) is 0.